The molecule has 1 rings (SSSR count). The van der Waals surface area contributed by atoms with E-state index in [0.29, 0.717) is 0 Å². The minimum absolute atomic E-state index is 0.893. The van der Waals surface area contributed by atoms with E-state index < -0.39 is 0 Å². The van der Waals surface area contributed by atoms with Gasteiger partial charge in [0.15, 0.2) is 0 Å². The smallest absolute Gasteiger partial charge is 0.00223 e. The highest BCUT2D eigenvalue weighted by molar-refractivity contribution is 4.76. The van der Waals surface area contributed by atoms with Gasteiger partial charge in [-0.3, -0.25) is 0 Å². The molecule has 1 fully saturated rings. The summed E-state index contributed by atoms with van der Waals surface area (Å²) >= 11 is 0. The molecule has 15 heavy (non-hydrogen) atoms. The van der Waals surface area contributed by atoms with Crippen LogP contribution in [-0.2, 0) is 0 Å². The normalized spacial score (nSPS) is 22.8. The maximum absolute atomic E-state index is 3.45. The Morgan fingerprint density at radius 1 is 1.40 bits per heavy atom. The Morgan fingerprint density at radius 3 is 2.87 bits per heavy atom. The number of rotatable bonds is 7. The van der Waals surface area contributed by atoms with E-state index in [4.69, 9.17) is 0 Å². The van der Waals surface area contributed by atoms with Crippen molar-refractivity contribution in [3.8, 4) is 0 Å². The van der Waals surface area contributed by atoms with Crippen molar-refractivity contribution in [3.63, 3.8) is 0 Å². The first-order valence-corrected chi connectivity index (χ1v) is 6.30. The second kappa shape index (κ2) is 7.20. The molecule has 0 aromatic carbocycles. The van der Waals surface area contributed by atoms with E-state index >= 15 is 0 Å². The van der Waals surface area contributed by atoms with Crippen molar-refractivity contribution < 1.29 is 0 Å². The van der Waals surface area contributed by atoms with Crippen molar-refractivity contribution in [2.45, 2.75) is 19.8 Å². The van der Waals surface area contributed by atoms with Gasteiger partial charge < -0.3 is 15.1 Å². The summed E-state index contributed by atoms with van der Waals surface area (Å²) in [6.07, 6.45) is 2.69. The molecule has 0 bridgehead atoms. The monoisotopic (exact) mass is 213 g/mol. The number of likely N-dealkylation sites (tertiary alicyclic amines) is 1. The summed E-state index contributed by atoms with van der Waals surface area (Å²) in [5.74, 6) is 0.893. The molecule has 3 nitrogen and oxygen atoms in total. The molecular formula is C12H27N3. The van der Waals surface area contributed by atoms with E-state index in [0.717, 1.165) is 12.5 Å². The lowest BCUT2D eigenvalue weighted by molar-refractivity contribution is 0.292. The van der Waals surface area contributed by atoms with E-state index in [-0.39, 0.29) is 0 Å². The van der Waals surface area contributed by atoms with Crippen LogP contribution in [0.4, 0.5) is 0 Å². The van der Waals surface area contributed by atoms with Gasteiger partial charge >= 0.3 is 0 Å². The van der Waals surface area contributed by atoms with Gasteiger partial charge in [-0.2, -0.15) is 0 Å². The summed E-state index contributed by atoms with van der Waals surface area (Å²) in [4.78, 5) is 4.89. The molecule has 1 heterocycles. The molecule has 1 unspecified atom stereocenters. The maximum atomic E-state index is 3.45. The van der Waals surface area contributed by atoms with Gasteiger partial charge in [-0.1, -0.05) is 6.92 Å². The zero-order valence-corrected chi connectivity index (χ0v) is 10.6. The van der Waals surface area contributed by atoms with Gasteiger partial charge in [-0.25, -0.2) is 0 Å². The van der Waals surface area contributed by atoms with Crippen LogP contribution in [0, 0.1) is 5.92 Å². The first kappa shape index (κ1) is 12.9. The van der Waals surface area contributed by atoms with Crippen molar-refractivity contribution in [2.24, 2.45) is 5.92 Å². The van der Waals surface area contributed by atoms with Crippen LogP contribution >= 0.6 is 0 Å². The standard InChI is InChI=1S/C12H27N3/c1-4-13-10-12-6-9-15(11-12)8-5-7-14(2)3/h12-13H,4-11H2,1-3H3. The fourth-order valence-electron chi connectivity index (χ4n) is 2.24. The number of hydrogen-bond donors (Lipinski definition) is 1. The Bertz CT molecular complexity index is 159. The number of nitrogens with one attached hydrogen (secondary N) is 1. The molecule has 0 saturated carbocycles. The van der Waals surface area contributed by atoms with Crippen LogP contribution in [0.5, 0.6) is 0 Å². The lowest BCUT2D eigenvalue weighted by Crippen LogP contribution is -2.28. The zero-order valence-electron chi connectivity index (χ0n) is 10.6. The Balaban J connectivity index is 2.03. The molecule has 0 aromatic heterocycles. The molecule has 0 aromatic rings. The largest absolute Gasteiger partial charge is 0.317 e. The first-order chi connectivity index (χ1) is 7.22. The van der Waals surface area contributed by atoms with E-state index in [1.165, 1.54) is 45.6 Å². The van der Waals surface area contributed by atoms with Crippen LogP contribution in [0.3, 0.4) is 0 Å². The Labute approximate surface area is 94.8 Å². The van der Waals surface area contributed by atoms with Gasteiger partial charge in [0.05, 0.1) is 0 Å². The van der Waals surface area contributed by atoms with Crippen LogP contribution in [0.2, 0.25) is 0 Å². The Hall–Kier alpha value is -0.120. The molecule has 0 amide bonds. The van der Waals surface area contributed by atoms with Crippen LogP contribution in [0.25, 0.3) is 0 Å². The first-order valence-electron chi connectivity index (χ1n) is 6.30. The molecule has 1 atom stereocenters. The predicted octanol–water partition coefficient (Wildman–Crippen LogP) is 0.870. The maximum Gasteiger partial charge on any atom is 0.00223 e. The molecule has 1 saturated heterocycles. The fraction of sp³-hybridized carbons (Fsp3) is 1.00. The van der Waals surface area contributed by atoms with Crippen molar-refractivity contribution in [1.82, 2.24) is 15.1 Å². The molecule has 1 N–H and O–H groups in total. The predicted molar refractivity (Wildman–Crippen MR) is 66.3 cm³/mol. The Morgan fingerprint density at radius 2 is 2.20 bits per heavy atom. The molecule has 90 valence electrons. The molecule has 1 aliphatic rings. The number of nitrogens with zero attached hydrogens (tertiary/aromatic N) is 2. The summed E-state index contributed by atoms with van der Waals surface area (Å²) in [5.41, 5.74) is 0. The SMILES string of the molecule is CCNCC1CCN(CCCN(C)C)C1. The van der Waals surface area contributed by atoms with Gasteiger partial charge in [0, 0.05) is 6.54 Å². The average Bonchev–Trinajstić information content (AvgIpc) is 2.62. The van der Waals surface area contributed by atoms with Gasteiger partial charge in [-0.15, -0.1) is 0 Å². The molecular weight excluding hydrogens is 186 g/mol. The van der Waals surface area contributed by atoms with Gasteiger partial charge in [-0.05, 0) is 65.6 Å². The highest BCUT2D eigenvalue weighted by Crippen LogP contribution is 2.15. The quantitative estimate of drug-likeness (QED) is 0.677. The summed E-state index contributed by atoms with van der Waals surface area (Å²) < 4.78 is 0. The van der Waals surface area contributed by atoms with Gasteiger partial charge in [0.2, 0.25) is 0 Å². The third kappa shape index (κ3) is 5.50. The van der Waals surface area contributed by atoms with Crippen molar-refractivity contribution in [1.29, 1.82) is 0 Å². The summed E-state index contributed by atoms with van der Waals surface area (Å²) in [6, 6.07) is 0. The van der Waals surface area contributed by atoms with E-state index in [1.54, 1.807) is 0 Å². The molecule has 1 aliphatic heterocycles. The zero-order chi connectivity index (χ0) is 11.1. The lowest BCUT2D eigenvalue weighted by Gasteiger charge is -2.17. The van der Waals surface area contributed by atoms with E-state index in [1.807, 2.05) is 0 Å². The van der Waals surface area contributed by atoms with E-state index in [2.05, 4.69) is 36.1 Å². The third-order valence-corrected chi connectivity index (χ3v) is 3.13. The summed E-state index contributed by atoms with van der Waals surface area (Å²) in [7, 11) is 4.30. The lowest BCUT2D eigenvalue weighted by atomic mass is 10.1. The third-order valence-electron chi connectivity index (χ3n) is 3.13. The van der Waals surface area contributed by atoms with Crippen molar-refractivity contribution in [2.75, 3.05) is 53.4 Å². The average molecular weight is 213 g/mol. The second-order valence-corrected chi connectivity index (χ2v) is 4.92. The molecule has 0 spiro atoms. The van der Waals surface area contributed by atoms with Crippen molar-refractivity contribution in [3.05, 3.63) is 0 Å². The van der Waals surface area contributed by atoms with Gasteiger partial charge in [0.25, 0.3) is 0 Å². The van der Waals surface area contributed by atoms with Crippen LogP contribution in [-0.4, -0.2) is 63.2 Å². The van der Waals surface area contributed by atoms with Crippen LogP contribution < -0.4 is 5.32 Å². The summed E-state index contributed by atoms with van der Waals surface area (Å²) in [6.45, 7) is 9.61. The van der Waals surface area contributed by atoms with Crippen LogP contribution in [0.15, 0.2) is 0 Å². The molecule has 3 heteroatoms. The minimum Gasteiger partial charge on any atom is -0.317 e. The van der Waals surface area contributed by atoms with Gasteiger partial charge in [0.1, 0.15) is 0 Å². The van der Waals surface area contributed by atoms with Crippen molar-refractivity contribution >= 4 is 0 Å². The Kier molecular flexibility index (Phi) is 6.22. The fourth-order valence-corrected chi connectivity index (χ4v) is 2.24. The molecule has 0 radical (unpaired) electrons. The molecule has 0 aliphatic carbocycles. The summed E-state index contributed by atoms with van der Waals surface area (Å²) in [5, 5.41) is 3.45. The second-order valence-electron chi connectivity index (χ2n) is 4.92. The highest BCUT2D eigenvalue weighted by Gasteiger charge is 2.21. The topological polar surface area (TPSA) is 18.5 Å². The van der Waals surface area contributed by atoms with Crippen LogP contribution in [0.1, 0.15) is 19.8 Å². The number of hydrogen-bond acceptors (Lipinski definition) is 3. The minimum atomic E-state index is 0.893. The van der Waals surface area contributed by atoms with E-state index in [9.17, 15) is 0 Å². The highest BCUT2D eigenvalue weighted by atomic mass is 15.2.